The molecule has 3 aromatic carbocycles. The van der Waals surface area contributed by atoms with Gasteiger partial charge in [-0.3, -0.25) is 0 Å². The van der Waals surface area contributed by atoms with E-state index in [9.17, 15) is 0 Å². The number of hydrogen-bond donors (Lipinski definition) is 0. The smallest absolute Gasteiger partial charge is 0.208 e. The van der Waals surface area contributed by atoms with E-state index in [1.54, 1.807) is 0 Å². The first kappa shape index (κ1) is 20.6. The Balaban J connectivity index is 1.81. The molecule has 31 heavy (non-hydrogen) atoms. The SMILES string of the molecule is C#[N+]c1ccccc1C1CC(c2ccccc2[N+]#C)CC(c2ccccc2[N+](=C)C)C1. The number of nitrogens with zero attached hydrogens (tertiary/aromatic N) is 3. The first-order valence-electron chi connectivity index (χ1n) is 10.7. The third-order valence-electron chi connectivity index (χ3n) is 6.53. The summed E-state index contributed by atoms with van der Waals surface area (Å²) in [5.74, 6) is 1.04. The van der Waals surface area contributed by atoms with Gasteiger partial charge < -0.3 is 0 Å². The highest BCUT2D eigenvalue weighted by Crippen LogP contribution is 2.51. The highest BCUT2D eigenvalue weighted by atomic mass is 14.9. The van der Waals surface area contributed by atoms with Gasteiger partial charge in [-0.1, -0.05) is 54.6 Å². The highest BCUT2D eigenvalue weighted by Gasteiger charge is 2.37. The zero-order valence-corrected chi connectivity index (χ0v) is 18.0. The zero-order valence-electron chi connectivity index (χ0n) is 18.0. The summed E-state index contributed by atoms with van der Waals surface area (Å²) in [6, 6.07) is 25.0. The van der Waals surface area contributed by atoms with Gasteiger partial charge in [0.25, 0.3) is 13.1 Å². The maximum Gasteiger partial charge on any atom is 0.343 e. The van der Waals surface area contributed by atoms with Crippen LogP contribution in [-0.2, 0) is 0 Å². The van der Waals surface area contributed by atoms with E-state index in [1.165, 1.54) is 22.4 Å². The number of benzene rings is 3. The average molecular weight is 407 g/mol. The summed E-state index contributed by atoms with van der Waals surface area (Å²) in [4.78, 5) is 8.13. The van der Waals surface area contributed by atoms with Crippen molar-refractivity contribution in [3.63, 3.8) is 0 Å². The van der Waals surface area contributed by atoms with Crippen molar-refractivity contribution in [2.24, 2.45) is 0 Å². The molecular formula is C28H28N3+3. The largest absolute Gasteiger partial charge is 0.343 e. The predicted octanol–water partition coefficient (Wildman–Crippen LogP) is 7.68. The molecular weight excluding hydrogens is 378 g/mol. The van der Waals surface area contributed by atoms with Gasteiger partial charge in [-0.15, -0.1) is 0 Å². The zero-order chi connectivity index (χ0) is 21.8. The molecule has 0 spiro atoms. The quantitative estimate of drug-likeness (QED) is 0.311. The van der Waals surface area contributed by atoms with E-state index >= 15 is 0 Å². The lowest BCUT2D eigenvalue weighted by Gasteiger charge is -2.35. The first-order valence-corrected chi connectivity index (χ1v) is 10.7. The second kappa shape index (κ2) is 8.99. The average Bonchev–Trinajstić information content (AvgIpc) is 2.83. The lowest BCUT2D eigenvalue weighted by molar-refractivity contribution is -0.395. The minimum Gasteiger partial charge on any atom is -0.208 e. The Kier molecular flexibility index (Phi) is 5.96. The Labute approximate surface area is 184 Å². The van der Waals surface area contributed by atoms with E-state index in [4.69, 9.17) is 13.1 Å². The van der Waals surface area contributed by atoms with Crippen LogP contribution in [0.15, 0.2) is 72.8 Å². The Morgan fingerprint density at radius 2 is 1.06 bits per heavy atom. The molecule has 0 heterocycles. The van der Waals surface area contributed by atoms with Crippen LogP contribution in [0.5, 0.6) is 0 Å². The maximum atomic E-state index is 5.74. The van der Waals surface area contributed by atoms with Crippen molar-refractivity contribution in [1.29, 1.82) is 0 Å². The second-order valence-corrected chi connectivity index (χ2v) is 8.43. The van der Waals surface area contributed by atoms with E-state index < -0.39 is 0 Å². The summed E-state index contributed by atoms with van der Waals surface area (Å²) in [5.41, 5.74) is 6.65. The lowest BCUT2D eigenvalue weighted by Crippen LogP contribution is -2.20. The van der Waals surface area contributed by atoms with Gasteiger partial charge in [0.1, 0.15) is 13.8 Å². The van der Waals surface area contributed by atoms with Gasteiger partial charge in [-0.2, -0.15) is 0 Å². The Hall–Kier alpha value is -3.69. The fraction of sp³-hybridized carbons (Fsp3) is 0.250. The molecule has 1 aliphatic carbocycles. The second-order valence-electron chi connectivity index (χ2n) is 8.43. The normalized spacial score (nSPS) is 20.4. The van der Waals surface area contributed by atoms with Gasteiger partial charge in [0.2, 0.25) is 5.69 Å². The highest BCUT2D eigenvalue weighted by molar-refractivity contribution is 5.57. The monoisotopic (exact) mass is 406 g/mol. The predicted molar refractivity (Wildman–Crippen MR) is 130 cm³/mol. The van der Waals surface area contributed by atoms with E-state index in [0.29, 0.717) is 17.8 Å². The van der Waals surface area contributed by atoms with Gasteiger partial charge in [-0.05, 0) is 46.7 Å². The summed E-state index contributed by atoms with van der Waals surface area (Å²) < 4.78 is 1.96. The van der Waals surface area contributed by atoms with E-state index in [1.807, 2.05) is 35.9 Å². The van der Waals surface area contributed by atoms with Crippen LogP contribution < -0.4 is 0 Å². The molecule has 3 heteroatoms. The number of hydrogen-bond acceptors (Lipinski definition) is 0. The standard InChI is InChI=1S/C28H28N3/c1-29-26-14-8-5-11-23(26)20-17-21(24-12-6-9-15-27(24)30-2)19-22(18-20)25-13-7-10-16-28(25)31(3)4/h1-2,5-16,20-22H,3,17-19H2,4H3/q+3. The summed E-state index contributed by atoms with van der Waals surface area (Å²) in [7, 11) is 2.00. The molecule has 4 rings (SSSR count). The minimum atomic E-state index is 0.334. The lowest BCUT2D eigenvalue weighted by atomic mass is 9.68. The minimum absolute atomic E-state index is 0.334. The molecule has 0 radical (unpaired) electrons. The van der Waals surface area contributed by atoms with Gasteiger partial charge in [0, 0.05) is 34.9 Å². The molecule has 0 saturated heterocycles. The van der Waals surface area contributed by atoms with Crippen LogP contribution in [0, 0.1) is 13.1 Å². The van der Waals surface area contributed by atoms with Crippen LogP contribution >= 0.6 is 0 Å². The molecule has 2 atom stereocenters. The van der Waals surface area contributed by atoms with Crippen LogP contribution in [0.4, 0.5) is 17.1 Å². The van der Waals surface area contributed by atoms with Crippen molar-refractivity contribution >= 4 is 23.8 Å². The Bertz CT molecular complexity index is 1130. The molecule has 2 unspecified atom stereocenters. The molecule has 1 saturated carbocycles. The van der Waals surface area contributed by atoms with Gasteiger partial charge in [0.05, 0.1) is 0 Å². The van der Waals surface area contributed by atoms with Gasteiger partial charge in [-0.25, -0.2) is 4.58 Å². The van der Waals surface area contributed by atoms with Crippen LogP contribution in [0.1, 0.15) is 53.7 Å². The van der Waals surface area contributed by atoms with Gasteiger partial charge in [0.15, 0.2) is 0 Å². The maximum absolute atomic E-state index is 5.74. The van der Waals surface area contributed by atoms with Crippen molar-refractivity contribution in [1.82, 2.24) is 0 Å². The van der Waals surface area contributed by atoms with Crippen molar-refractivity contribution in [3.05, 3.63) is 99.2 Å². The molecule has 1 fully saturated rings. The fourth-order valence-corrected chi connectivity index (χ4v) is 5.16. The van der Waals surface area contributed by atoms with Crippen molar-refractivity contribution in [2.75, 3.05) is 7.05 Å². The molecule has 0 aliphatic heterocycles. The molecule has 1 aliphatic rings. The number of para-hydroxylation sites is 3. The summed E-state index contributed by atoms with van der Waals surface area (Å²) in [6.07, 6.45) is 3.09. The topological polar surface area (TPSA) is 11.7 Å². The number of rotatable bonds is 4. The fourth-order valence-electron chi connectivity index (χ4n) is 5.16. The molecule has 3 nitrogen and oxygen atoms in total. The molecule has 152 valence electrons. The molecule has 0 amide bonds. The van der Waals surface area contributed by atoms with Crippen LogP contribution in [0.25, 0.3) is 9.69 Å². The molecule has 3 aromatic rings. The van der Waals surface area contributed by atoms with Crippen LogP contribution in [0.2, 0.25) is 0 Å². The molecule has 0 N–H and O–H groups in total. The summed E-state index contributed by atoms with van der Waals surface area (Å²) in [6.45, 7) is 15.6. The van der Waals surface area contributed by atoms with Gasteiger partial charge >= 0.3 is 11.4 Å². The van der Waals surface area contributed by atoms with Crippen molar-refractivity contribution in [3.8, 4) is 13.1 Å². The summed E-state index contributed by atoms with van der Waals surface area (Å²) >= 11 is 0. The van der Waals surface area contributed by atoms with Crippen molar-refractivity contribution in [2.45, 2.75) is 37.0 Å². The third-order valence-corrected chi connectivity index (χ3v) is 6.53. The molecule has 0 aromatic heterocycles. The van der Waals surface area contributed by atoms with E-state index in [-0.39, 0.29) is 0 Å². The van der Waals surface area contributed by atoms with Crippen LogP contribution in [-0.4, -0.2) is 18.3 Å². The Morgan fingerprint density at radius 3 is 1.52 bits per heavy atom. The van der Waals surface area contributed by atoms with Crippen LogP contribution in [0.3, 0.4) is 0 Å². The van der Waals surface area contributed by atoms with Crippen molar-refractivity contribution < 1.29 is 4.58 Å². The van der Waals surface area contributed by atoms with E-state index in [0.717, 1.165) is 30.6 Å². The third kappa shape index (κ3) is 4.14. The summed E-state index contributed by atoms with van der Waals surface area (Å²) in [5, 5.41) is 0. The first-order chi connectivity index (χ1) is 15.1. The Morgan fingerprint density at radius 1 is 0.677 bits per heavy atom. The molecule has 0 bridgehead atoms. The van der Waals surface area contributed by atoms with E-state index in [2.05, 4.69) is 64.9 Å².